The highest BCUT2D eigenvalue weighted by Gasteiger charge is 2.30. The van der Waals surface area contributed by atoms with Crippen LogP contribution in [-0.2, 0) is 9.53 Å². The third-order valence-electron chi connectivity index (χ3n) is 2.51. The first-order valence-electron chi connectivity index (χ1n) is 5.35. The number of hydrogen-bond donors (Lipinski definition) is 1. The molecule has 0 saturated carbocycles. The van der Waals surface area contributed by atoms with Gasteiger partial charge < -0.3 is 10.1 Å². The second-order valence-electron chi connectivity index (χ2n) is 4.39. The highest BCUT2D eigenvalue weighted by atomic mass is 16.5. The van der Waals surface area contributed by atoms with Crippen molar-refractivity contribution in [2.24, 2.45) is 0 Å². The maximum absolute atomic E-state index is 12.0. The number of carbonyl (C=O) groups excluding carboxylic acids is 2. The Morgan fingerprint density at radius 1 is 1.24 bits per heavy atom. The summed E-state index contributed by atoms with van der Waals surface area (Å²) in [4.78, 5) is 23.4. The standard InChI is InChI=1S/C13H17NO3/c1-9-7-5-6-8-10(9)11(15)14-13(2,3)12(16)17-4/h5-8H,1-4H3,(H,14,15). The molecule has 17 heavy (non-hydrogen) atoms. The molecular weight excluding hydrogens is 218 g/mol. The fourth-order valence-electron chi connectivity index (χ4n) is 1.49. The molecule has 0 aliphatic rings. The van der Waals surface area contributed by atoms with Crippen LogP contribution >= 0.6 is 0 Å². The van der Waals surface area contributed by atoms with Crippen LogP contribution in [0.5, 0.6) is 0 Å². The van der Waals surface area contributed by atoms with E-state index in [1.54, 1.807) is 26.0 Å². The quantitative estimate of drug-likeness (QED) is 0.811. The normalized spacial score (nSPS) is 10.8. The van der Waals surface area contributed by atoms with Crippen LogP contribution in [0.1, 0.15) is 29.8 Å². The predicted octanol–water partition coefficient (Wildman–Crippen LogP) is 1.68. The van der Waals surface area contributed by atoms with E-state index in [1.165, 1.54) is 7.11 Å². The maximum atomic E-state index is 12.0. The van der Waals surface area contributed by atoms with Crippen molar-refractivity contribution in [3.63, 3.8) is 0 Å². The number of hydrogen-bond acceptors (Lipinski definition) is 3. The van der Waals surface area contributed by atoms with Gasteiger partial charge in [0.25, 0.3) is 5.91 Å². The second kappa shape index (κ2) is 4.99. The van der Waals surface area contributed by atoms with E-state index in [2.05, 4.69) is 10.1 Å². The molecule has 0 bridgehead atoms. The molecule has 0 radical (unpaired) electrons. The number of nitrogens with one attached hydrogen (secondary N) is 1. The molecule has 0 spiro atoms. The molecule has 0 fully saturated rings. The molecule has 0 unspecified atom stereocenters. The molecule has 0 aromatic heterocycles. The molecule has 1 aromatic rings. The van der Waals surface area contributed by atoms with Crippen molar-refractivity contribution < 1.29 is 14.3 Å². The van der Waals surface area contributed by atoms with Gasteiger partial charge in [-0.05, 0) is 32.4 Å². The number of amides is 1. The van der Waals surface area contributed by atoms with Crippen LogP contribution in [0, 0.1) is 6.92 Å². The number of carbonyl (C=O) groups is 2. The van der Waals surface area contributed by atoms with Crippen LogP contribution in [-0.4, -0.2) is 24.5 Å². The van der Waals surface area contributed by atoms with Gasteiger partial charge in [0.2, 0.25) is 0 Å². The van der Waals surface area contributed by atoms with Crippen molar-refractivity contribution in [3.8, 4) is 0 Å². The van der Waals surface area contributed by atoms with Crippen molar-refractivity contribution in [3.05, 3.63) is 35.4 Å². The van der Waals surface area contributed by atoms with Gasteiger partial charge in [0.1, 0.15) is 5.54 Å². The van der Waals surface area contributed by atoms with Gasteiger partial charge in [-0.3, -0.25) is 4.79 Å². The molecule has 0 atom stereocenters. The van der Waals surface area contributed by atoms with Gasteiger partial charge in [0, 0.05) is 5.56 Å². The molecule has 0 aliphatic heterocycles. The first kappa shape index (κ1) is 13.2. The lowest BCUT2D eigenvalue weighted by molar-refractivity contribution is -0.146. The highest BCUT2D eigenvalue weighted by molar-refractivity contribution is 5.98. The van der Waals surface area contributed by atoms with Crippen molar-refractivity contribution >= 4 is 11.9 Å². The van der Waals surface area contributed by atoms with Gasteiger partial charge in [-0.2, -0.15) is 0 Å². The van der Waals surface area contributed by atoms with E-state index in [0.29, 0.717) is 5.56 Å². The molecule has 1 amide bonds. The van der Waals surface area contributed by atoms with Crippen LogP contribution < -0.4 is 5.32 Å². The first-order chi connectivity index (χ1) is 7.88. The van der Waals surface area contributed by atoms with Gasteiger partial charge in [0.05, 0.1) is 7.11 Å². The van der Waals surface area contributed by atoms with E-state index in [4.69, 9.17) is 0 Å². The third kappa shape index (κ3) is 3.06. The average Bonchev–Trinajstić information content (AvgIpc) is 2.27. The Balaban J connectivity index is 2.87. The molecule has 4 heteroatoms. The number of methoxy groups -OCH3 is 1. The second-order valence-corrected chi connectivity index (χ2v) is 4.39. The number of benzene rings is 1. The Bertz CT molecular complexity index is 438. The van der Waals surface area contributed by atoms with Crippen LogP contribution in [0.15, 0.2) is 24.3 Å². The van der Waals surface area contributed by atoms with Crippen molar-refractivity contribution in [2.45, 2.75) is 26.3 Å². The minimum Gasteiger partial charge on any atom is -0.467 e. The van der Waals surface area contributed by atoms with E-state index >= 15 is 0 Å². The fourth-order valence-corrected chi connectivity index (χ4v) is 1.49. The molecule has 1 N–H and O–H groups in total. The van der Waals surface area contributed by atoms with E-state index < -0.39 is 11.5 Å². The van der Waals surface area contributed by atoms with E-state index in [-0.39, 0.29) is 5.91 Å². The molecule has 1 aromatic carbocycles. The summed E-state index contributed by atoms with van der Waals surface area (Å²) in [5.41, 5.74) is 0.392. The minimum atomic E-state index is -1.03. The van der Waals surface area contributed by atoms with E-state index in [0.717, 1.165) is 5.56 Å². The number of rotatable bonds is 3. The number of esters is 1. The minimum absolute atomic E-state index is 0.279. The molecular formula is C13H17NO3. The molecule has 0 heterocycles. The van der Waals surface area contributed by atoms with Gasteiger partial charge in [0.15, 0.2) is 0 Å². The number of aryl methyl sites for hydroxylation is 1. The third-order valence-corrected chi connectivity index (χ3v) is 2.51. The monoisotopic (exact) mass is 235 g/mol. The summed E-state index contributed by atoms with van der Waals surface area (Å²) >= 11 is 0. The Labute approximate surface area is 101 Å². The number of ether oxygens (including phenoxy) is 1. The van der Waals surface area contributed by atoms with E-state index in [9.17, 15) is 9.59 Å². The van der Waals surface area contributed by atoms with Crippen molar-refractivity contribution in [1.29, 1.82) is 0 Å². The van der Waals surface area contributed by atoms with Crippen molar-refractivity contribution in [2.75, 3.05) is 7.11 Å². The smallest absolute Gasteiger partial charge is 0.330 e. The summed E-state index contributed by atoms with van der Waals surface area (Å²) in [5, 5.41) is 2.65. The molecule has 4 nitrogen and oxygen atoms in total. The first-order valence-corrected chi connectivity index (χ1v) is 5.35. The lowest BCUT2D eigenvalue weighted by Crippen LogP contribution is -2.50. The lowest BCUT2D eigenvalue weighted by atomic mass is 10.0. The molecule has 1 rings (SSSR count). The summed E-state index contributed by atoms with van der Waals surface area (Å²) in [6, 6.07) is 7.21. The Morgan fingerprint density at radius 3 is 2.35 bits per heavy atom. The summed E-state index contributed by atoms with van der Waals surface area (Å²) in [5.74, 6) is -0.752. The summed E-state index contributed by atoms with van der Waals surface area (Å²) in [6.45, 7) is 5.06. The zero-order valence-corrected chi connectivity index (χ0v) is 10.5. The average molecular weight is 235 g/mol. The molecule has 92 valence electrons. The predicted molar refractivity (Wildman–Crippen MR) is 64.7 cm³/mol. The summed E-state index contributed by atoms with van der Waals surface area (Å²) in [7, 11) is 1.30. The van der Waals surface area contributed by atoms with Gasteiger partial charge in [-0.15, -0.1) is 0 Å². The Morgan fingerprint density at radius 2 is 1.82 bits per heavy atom. The van der Waals surface area contributed by atoms with Crippen LogP contribution in [0.2, 0.25) is 0 Å². The van der Waals surface area contributed by atoms with Crippen LogP contribution in [0.4, 0.5) is 0 Å². The zero-order chi connectivity index (χ0) is 13.1. The summed E-state index contributed by atoms with van der Waals surface area (Å²) in [6.07, 6.45) is 0. The largest absolute Gasteiger partial charge is 0.467 e. The van der Waals surface area contributed by atoms with Crippen LogP contribution in [0.3, 0.4) is 0 Å². The van der Waals surface area contributed by atoms with Crippen LogP contribution in [0.25, 0.3) is 0 Å². The molecule has 0 saturated heterocycles. The molecule has 0 aliphatic carbocycles. The highest BCUT2D eigenvalue weighted by Crippen LogP contribution is 2.10. The fraction of sp³-hybridized carbons (Fsp3) is 0.385. The topological polar surface area (TPSA) is 55.4 Å². The Hall–Kier alpha value is -1.84. The zero-order valence-electron chi connectivity index (χ0n) is 10.5. The van der Waals surface area contributed by atoms with Gasteiger partial charge in [-0.1, -0.05) is 18.2 Å². The summed E-state index contributed by atoms with van der Waals surface area (Å²) < 4.78 is 4.63. The SMILES string of the molecule is COC(=O)C(C)(C)NC(=O)c1ccccc1C. The van der Waals surface area contributed by atoms with Gasteiger partial charge >= 0.3 is 5.97 Å². The van der Waals surface area contributed by atoms with Gasteiger partial charge in [-0.25, -0.2) is 4.79 Å². The Kier molecular flexibility index (Phi) is 3.89. The van der Waals surface area contributed by atoms with Crippen molar-refractivity contribution in [1.82, 2.24) is 5.32 Å². The maximum Gasteiger partial charge on any atom is 0.330 e. The lowest BCUT2D eigenvalue weighted by Gasteiger charge is -2.23. The van der Waals surface area contributed by atoms with E-state index in [1.807, 2.05) is 19.1 Å².